The van der Waals surface area contributed by atoms with Crippen LogP contribution >= 0.6 is 0 Å². The second kappa shape index (κ2) is 10.5. The highest BCUT2D eigenvalue weighted by atomic mass is 16.6. The van der Waals surface area contributed by atoms with Crippen LogP contribution in [-0.2, 0) is 14.3 Å². The Morgan fingerprint density at radius 1 is 1.12 bits per heavy atom. The van der Waals surface area contributed by atoms with Gasteiger partial charge in [-0.05, 0) is 19.8 Å². The molecule has 25 heavy (non-hydrogen) atoms. The number of ether oxygens (including phenoxy) is 1. The third-order valence-corrected chi connectivity index (χ3v) is 3.98. The van der Waals surface area contributed by atoms with E-state index in [1.165, 1.54) is 0 Å². The zero-order chi connectivity index (χ0) is 19.0. The van der Waals surface area contributed by atoms with Gasteiger partial charge in [-0.2, -0.15) is 0 Å². The predicted molar refractivity (Wildman–Crippen MR) is 88.2 cm³/mol. The number of aliphatic hydroxyl groups excluding tert-OH is 4. The van der Waals surface area contributed by atoms with E-state index in [4.69, 9.17) is 9.84 Å². The van der Waals surface area contributed by atoms with Crippen LogP contribution < -0.4 is 10.6 Å². The van der Waals surface area contributed by atoms with Crippen LogP contribution in [0.3, 0.4) is 0 Å². The van der Waals surface area contributed by atoms with E-state index in [0.29, 0.717) is 31.4 Å². The quantitative estimate of drug-likeness (QED) is 0.209. The molecule has 0 aromatic carbocycles. The van der Waals surface area contributed by atoms with Crippen LogP contribution in [0.2, 0.25) is 0 Å². The molecule has 0 aromatic rings. The molecule has 0 radical (unpaired) electrons. The Balaban J connectivity index is 2.25. The molecule has 2 amide bonds. The van der Waals surface area contributed by atoms with Gasteiger partial charge < -0.3 is 35.8 Å². The lowest BCUT2D eigenvalue weighted by Crippen LogP contribution is -2.64. The Hall–Kier alpha value is -1.52. The second-order valence-electron chi connectivity index (χ2n) is 6.17. The number of hydrogen-bond donors (Lipinski definition) is 6. The summed E-state index contributed by atoms with van der Waals surface area (Å²) in [4.78, 5) is 23.2. The third-order valence-electron chi connectivity index (χ3n) is 3.98. The molecular formula is C16H28N2O7. The first-order valence-corrected chi connectivity index (χ1v) is 8.31. The highest BCUT2D eigenvalue weighted by Gasteiger charge is 2.44. The molecule has 9 heteroatoms. The predicted octanol–water partition coefficient (Wildman–Crippen LogP) is -1.84. The summed E-state index contributed by atoms with van der Waals surface area (Å²) in [5, 5.41) is 43.6. The monoisotopic (exact) mass is 360 g/mol. The van der Waals surface area contributed by atoms with Crippen LogP contribution in [0.25, 0.3) is 0 Å². The Kier molecular flexibility index (Phi) is 9.01. The van der Waals surface area contributed by atoms with E-state index >= 15 is 0 Å². The van der Waals surface area contributed by atoms with Gasteiger partial charge in [0.25, 0.3) is 0 Å². The highest BCUT2D eigenvalue weighted by Crippen LogP contribution is 2.19. The van der Waals surface area contributed by atoms with Gasteiger partial charge in [-0.15, -0.1) is 0 Å². The van der Waals surface area contributed by atoms with Crippen molar-refractivity contribution in [3.05, 3.63) is 12.2 Å². The molecule has 0 aliphatic carbocycles. The molecule has 1 aliphatic rings. The van der Waals surface area contributed by atoms with Crippen molar-refractivity contribution in [2.75, 3.05) is 13.2 Å². The van der Waals surface area contributed by atoms with Crippen molar-refractivity contribution in [2.45, 2.75) is 63.3 Å². The minimum absolute atomic E-state index is 0.171. The van der Waals surface area contributed by atoms with Crippen molar-refractivity contribution in [3.8, 4) is 0 Å². The molecule has 1 unspecified atom stereocenters. The largest absolute Gasteiger partial charge is 0.394 e. The molecule has 5 atom stereocenters. The minimum atomic E-state index is -1.52. The topological polar surface area (TPSA) is 148 Å². The number of amides is 2. The SMILES string of the molecule is C=C(C)C(=O)NCCCCCC(=O)N[C@H]1C(O)O[C@H](CO)[C@H](O)[C@@H]1O. The molecule has 1 rings (SSSR count). The van der Waals surface area contributed by atoms with Gasteiger partial charge in [0.05, 0.1) is 6.61 Å². The summed E-state index contributed by atoms with van der Waals surface area (Å²) in [6, 6.07) is -1.17. The van der Waals surface area contributed by atoms with Crippen molar-refractivity contribution >= 4 is 11.8 Å². The molecule has 1 heterocycles. The van der Waals surface area contributed by atoms with E-state index in [2.05, 4.69) is 17.2 Å². The first-order valence-electron chi connectivity index (χ1n) is 8.31. The fourth-order valence-electron chi connectivity index (χ4n) is 2.45. The van der Waals surface area contributed by atoms with Gasteiger partial charge in [0.2, 0.25) is 11.8 Å². The van der Waals surface area contributed by atoms with Gasteiger partial charge in [0, 0.05) is 18.5 Å². The van der Waals surface area contributed by atoms with E-state index in [1.807, 2.05) is 0 Å². The van der Waals surface area contributed by atoms with Crippen molar-refractivity contribution < 1.29 is 34.8 Å². The molecule has 144 valence electrons. The highest BCUT2D eigenvalue weighted by molar-refractivity contribution is 5.91. The van der Waals surface area contributed by atoms with Crippen molar-refractivity contribution in [1.82, 2.24) is 10.6 Å². The molecule has 0 bridgehead atoms. The maximum absolute atomic E-state index is 11.9. The standard InChI is InChI=1S/C16H28N2O7/c1-9(2)15(23)17-7-5-3-4-6-11(20)18-12-14(22)13(21)10(8-19)25-16(12)24/h10,12-14,16,19,21-22,24H,1,3-8H2,2H3,(H,17,23)(H,18,20)/t10-,12-,13+,14-,16?/m1/s1. The minimum Gasteiger partial charge on any atom is -0.394 e. The summed E-state index contributed by atoms with van der Waals surface area (Å²) in [5.74, 6) is -0.593. The van der Waals surface area contributed by atoms with E-state index in [1.54, 1.807) is 6.92 Å². The summed E-state index contributed by atoms with van der Waals surface area (Å²) < 4.78 is 4.96. The second-order valence-corrected chi connectivity index (χ2v) is 6.17. The van der Waals surface area contributed by atoms with Crippen LogP contribution in [0.5, 0.6) is 0 Å². The lowest BCUT2D eigenvalue weighted by atomic mass is 9.97. The Morgan fingerprint density at radius 2 is 1.80 bits per heavy atom. The summed E-state index contributed by atoms with van der Waals surface area (Å²) in [7, 11) is 0. The summed E-state index contributed by atoms with van der Waals surface area (Å²) in [6.45, 7) is 5.09. The Labute approximate surface area is 146 Å². The lowest BCUT2D eigenvalue weighted by molar-refractivity contribution is -0.253. The summed E-state index contributed by atoms with van der Waals surface area (Å²) >= 11 is 0. The van der Waals surface area contributed by atoms with E-state index in [0.717, 1.165) is 0 Å². The molecule has 1 aliphatic heterocycles. The molecule has 1 saturated heterocycles. The number of carbonyl (C=O) groups excluding carboxylic acids is 2. The Bertz CT molecular complexity index is 471. The fraction of sp³-hybridized carbons (Fsp3) is 0.750. The van der Waals surface area contributed by atoms with Crippen LogP contribution in [-0.4, -0.2) is 76.0 Å². The van der Waals surface area contributed by atoms with Gasteiger partial charge in [0.15, 0.2) is 6.29 Å². The molecule has 0 spiro atoms. The van der Waals surface area contributed by atoms with E-state index in [-0.39, 0.29) is 12.3 Å². The first kappa shape index (κ1) is 21.5. The van der Waals surface area contributed by atoms with Crippen LogP contribution in [0.1, 0.15) is 32.6 Å². The fourth-order valence-corrected chi connectivity index (χ4v) is 2.45. The zero-order valence-electron chi connectivity index (χ0n) is 14.4. The molecule has 9 nitrogen and oxygen atoms in total. The van der Waals surface area contributed by atoms with E-state index < -0.39 is 43.2 Å². The maximum Gasteiger partial charge on any atom is 0.246 e. The van der Waals surface area contributed by atoms with Crippen molar-refractivity contribution in [3.63, 3.8) is 0 Å². The van der Waals surface area contributed by atoms with Crippen LogP contribution in [0.15, 0.2) is 12.2 Å². The van der Waals surface area contributed by atoms with Gasteiger partial charge in [0.1, 0.15) is 24.4 Å². The van der Waals surface area contributed by atoms with Crippen LogP contribution in [0.4, 0.5) is 0 Å². The zero-order valence-corrected chi connectivity index (χ0v) is 14.4. The lowest BCUT2D eigenvalue weighted by Gasteiger charge is -2.40. The third kappa shape index (κ3) is 6.71. The first-order chi connectivity index (χ1) is 11.8. The van der Waals surface area contributed by atoms with Gasteiger partial charge in [-0.3, -0.25) is 9.59 Å². The summed E-state index contributed by atoms with van der Waals surface area (Å²) in [5.41, 5.74) is 0.441. The van der Waals surface area contributed by atoms with Gasteiger partial charge in [-0.25, -0.2) is 0 Å². The Morgan fingerprint density at radius 3 is 2.40 bits per heavy atom. The molecule has 1 fully saturated rings. The average Bonchev–Trinajstić information content (AvgIpc) is 2.57. The number of rotatable bonds is 9. The molecular weight excluding hydrogens is 332 g/mol. The number of carbonyl (C=O) groups is 2. The number of unbranched alkanes of at least 4 members (excludes halogenated alkanes) is 2. The maximum atomic E-state index is 11.9. The van der Waals surface area contributed by atoms with Gasteiger partial charge >= 0.3 is 0 Å². The van der Waals surface area contributed by atoms with Crippen molar-refractivity contribution in [1.29, 1.82) is 0 Å². The molecule has 0 saturated carbocycles. The smallest absolute Gasteiger partial charge is 0.246 e. The van der Waals surface area contributed by atoms with Crippen LogP contribution in [0, 0.1) is 0 Å². The number of nitrogens with one attached hydrogen (secondary N) is 2. The van der Waals surface area contributed by atoms with Crippen molar-refractivity contribution in [2.24, 2.45) is 0 Å². The number of aliphatic hydroxyl groups is 4. The average molecular weight is 360 g/mol. The normalized spacial score (nSPS) is 29.1. The van der Waals surface area contributed by atoms with Gasteiger partial charge in [-0.1, -0.05) is 13.0 Å². The number of hydrogen-bond acceptors (Lipinski definition) is 7. The van der Waals surface area contributed by atoms with E-state index in [9.17, 15) is 24.9 Å². The summed E-state index contributed by atoms with van der Waals surface area (Å²) in [6.07, 6.45) is -3.31. The molecule has 0 aromatic heterocycles. The molecule has 6 N–H and O–H groups in total.